The Balaban J connectivity index is 1.21. The quantitative estimate of drug-likeness (QED) is 0.166. The van der Waals surface area contributed by atoms with Crippen molar-refractivity contribution < 1.29 is 0 Å². The maximum atomic E-state index is 2.86. The lowest BCUT2D eigenvalue weighted by Crippen LogP contribution is -2.34. The van der Waals surface area contributed by atoms with Gasteiger partial charge in [-0.1, -0.05) is 54.6 Å². The number of likely N-dealkylation sites (N-methyl/N-ethyl adjacent to an activating group) is 1. The van der Waals surface area contributed by atoms with E-state index in [-0.39, 0.29) is 5.41 Å². The smallest absolute Gasteiger partial charge is 0.0423 e. The number of nitrogens with zero attached hydrogens (tertiary/aromatic N) is 1. The Labute approximate surface area is 281 Å². The molecule has 0 aromatic heterocycles. The van der Waals surface area contributed by atoms with E-state index in [1.165, 1.54) is 37.8 Å². The number of likely N-dealkylation sites (tertiary alicyclic amines) is 1. The molecule has 8 atom stereocenters. The van der Waals surface area contributed by atoms with Gasteiger partial charge in [0.1, 0.15) is 0 Å². The van der Waals surface area contributed by atoms with Gasteiger partial charge in [0.05, 0.1) is 0 Å². The van der Waals surface area contributed by atoms with Gasteiger partial charge in [0, 0.05) is 35.8 Å². The number of fused-ring (bicyclic) bond motifs is 1. The molecule has 0 saturated carbocycles. The van der Waals surface area contributed by atoms with Crippen LogP contribution in [0.15, 0.2) is 48.5 Å². The van der Waals surface area contributed by atoms with Crippen LogP contribution in [0.25, 0.3) is 76.3 Å². The van der Waals surface area contributed by atoms with Crippen LogP contribution in [0, 0.1) is 11.8 Å². The van der Waals surface area contributed by atoms with E-state index < -0.39 is 0 Å². The first kappa shape index (κ1) is 22.3. The first-order valence-electron chi connectivity index (χ1n) is 19.3. The fourth-order valence-electron chi connectivity index (χ4n) is 16.9. The van der Waals surface area contributed by atoms with Crippen molar-refractivity contribution in [2.45, 2.75) is 60.8 Å². The van der Waals surface area contributed by atoms with Crippen LogP contribution in [-0.2, 0) is 18.3 Å². The molecule has 49 heavy (non-hydrogen) atoms. The highest BCUT2D eigenvalue weighted by Crippen LogP contribution is 2.77. The predicted octanol–water partition coefficient (Wildman–Crippen LogP) is 9.54. The third-order valence-corrected chi connectivity index (χ3v) is 17.4. The van der Waals surface area contributed by atoms with Crippen molar-refractivity contribution in [2.75, 3.05) is 13.6 Å². The lowest BCUT2D eigenvalue weighted by molar-refractivity contribution is 0.301. The van der Waals surface area contributed by atoms with Crippen LogP contribution in [0.3, 0.4) is 0 Å². The molecule has 226 valence electrons. The van der Waals surface area contributed by atoms with Gasteiger partial charge < -0.3 is 0 Å². The minimum absolute atomic E-state index is 0.185. The van der Waals surface area contributed by atoms with Crippen molar-refractivity contribution in [1.29, 1.82) is 0 Å². The number of rotatable bonds is 1. The molecule has 1 spiro atoms. The molecule has 1 nitrogen and oxygen atoms in total. The molecular weight excluding hydrogens is 591 g/mol. The molecule has 1 heteroatoms. The van der Waals surface area contributed by atoms with Crippen LogP contribution in [0.4, 0.5) is 0 Å². The van der Waals surface area contributed by atoms with E-state index in [2.05, 4.69) is 66.6 Å². The van der Waals surface area contributed by atoms with Gasteiger partial charge in [0.2, 0.25) is 0 Å². The second-order valence-electron chi connectivity index (χ2n) is 18.6. The van der Waals surface area contributed by atoms with Crippen LogP contribution >= 0.6 is 0 Å². The van der Waals surface area contributed by atoms with Crippen molar-refractivity contribution in [3.05, 3.63) is 115 Å². The summed E-state index contributed by atoms with van der Waals surface area (Å²) in [6.07, 6.45) is 10.7. The zero-order valence-electron chi connectivity index (χ0n) is 27.2. The van der Waals surface area contributed by atoms with Crippen LogP contribution in [-0.4, -0.2) is 18.5 Å². The fraction of sp³-hybridized carbons (Fsp3) is 0.292. The molecule has 8 aromatic rings. The van der Waals surface area contributed by atoms with Crippen LogP contribution in [0.5, 0.6) is 0 Å². The summed E-state index contributed by atoms with van der Waals surface area (Å²) in [5.74, 6) is 3.54. The van der Waals surface area contributed by atoms with Crippen LogP contribution in [0.1, 0.15) is 104 Å². The van der Waals surface area contributed by atoms with Gasteiger partial charge in [-0.3, -0.25) is 4.90 Å². The topological polar surface area (TPSA) is 3.24 Å². The third kappa shape index (κ3) is 1.71. The number of benzene rings is 6. The van der Waals surface area contributed by atoms with E-state index in [1.807, 2.05) is 16.7 Å². The fourth-order valence-corrected chi connectivity index (χ4v) is 16.9. The summed E-state index contributed by atoms with van der Waals surface area (Å²) < 4.78 is 0. The van der Waals surface area contributed by atoms with Gasteiger partial charge in [0.15, 0.2) is 0 Å². The summed E-state index contributed by atoms with van der Waals surface area (Å²) in [4.78, 5) is 2.80. The van der Waals surface area contributed by atoms with E-state index in [0.717, 1.165) is 0 Å². The van der Waals surface area contributed by atoms with Crippen molar-refractivity contribution in [3.63, 3.8) is 0 Å². The first-order chi connectivity index (χ1) is 24.2. The monoisotopic (exact) mass is 619 g/mol. The largest absolute Gasteiger partial charge is 0.298 e. The summed E-state index contributed by atoms with van der Waals surface area (Å²) in [6, 6.07) is 17.6. The Bertz CT molecular complexity index is 3300. The SMILES string of the molecule is CN1CC23CC4CC5C=C6Cc7cc8c9c%10c%11c%12c%13c(c6c7c9%12)C5c5c4c2c2c4c(cc6c(c4c%11c2c5%13)C%10C(C=6)C8)C3C1c1ccccc1. The minimum atomic E-state index is 0.185. The molecule has 0 N–H and O–H groups in total. The molecule has 9 aliphatic carbocycles. The van der Waals surface area contributed by atoms with Crippen LogP contribution in [0.2, 0.25) is 0 Å². The van der Waals surface area contributed by atoms with Crippen molar-refractivity contribution in [1.82, 2.24) is 4.90 Å². The Morgan fingerprint density at radius 3 is 2.39 bits per heavy atom. The van der Waals surface area contributed by atoms with E-state index in [0.29, 0.717) is 41.5 Å². The first-order valence-corrected chi connectivity index (χ1v) is 19.3. The number of allylic oxidation sites excluding steroid dienone is 2. The molecule has 0 bridgehead atoms. The molecule has 1 saturated heterocycles. The van der Waals surface area contributed by atoms with Gasteiger partial charge >= 0.3 is 0 Å². The minimum Gasteiger partial charge on any atom is -0.298 e. The summed E-state index contributed by atoms with van der Waals surface area (Å²) >= 11 is 0. The molecule has 8 unspecified atom stereocenters. The second-order valence-corrected chi connectivity index (χ2v) is 18.6. The van der Waals surface area contributed by atoms with Crippen molar-refractivity contribution in [3.8, 4) is 0 Å². The summed E-state index contributed by atoms with van der Waals surface area (Å²) in [7, 11) is 2.47. The Morgan fingerprint density at radius 1 is 0.673 bits per heavy atom. The molecule has 1 fully saturated rings. The van der Waals surface area contributed by atoms with E-state index in [9.17, 15) is 0 Å². The molecule has 1 aliphatic heterocycles. The lowest BCUT2D eigenvalue weighted by atomic mass is 9.62. The predicted molar refractivity (Wildman–Crippen MR) is 198 cm³/mol. The highest BCUT2D eigenvalue weighted by atomic mass is 15.2. The lowest BCUT2D eigenvalue weighted by Gasteiger charge is -2.39. The van der Waals surface area contributed by atoms with E-state index in [1.54, 1.807) is 114 Å². The second kappa shape index (κ2) is 6.01. The van der Waals surface area contributed by atoms with E-state index in [4.69, 9.17) is 0 Å². The molecular formula is C48H29N. The van der Waals surface area contributed by atoms with Gasteiger partial charge in [0.25, 0.3) is 0 Å². The third-order valence-electron chi connectivity index (χ3n) is 17.4. The summed E-state index contributed by atoms with van der Waals surface area (Å²) in [5, 5.41) is 22.3. The zero-order chi connectivity index (χ0) is 30.5. The molecule has 0 radical (unpaired) electrons. The Hall–Kier alpha value is -4.46. The standard InChI is InChI=1S/C48H29N/c1-49-15-48-14-23-12-21-10-18-7-17-8-20-9-19-11-22-13-24(45(48)47(49)16-5-3-2-4-6-16)32-37-28(22)27(19)34-29(20)33-25(17)26(18)35-30(21)36-31(23)46(48)44(32)43-41(36)39(35)38(33)40(34)42(37)43/h2-6,8,10-11,13,19,21,23,27,30,45,47H,7,9,12,14-15H2,1H3. The van der Waals surface area contributed by atoms with Gasteiger partial charge in [-0.05, 0) is 187 Å². The summed E-state index contributed by atoms with van der Waals surface area (Å²) in [6.45, 7) is 1.19. The zero-order valence-corrected chi connectivity index (χ0v) is 27.2. The summed E-state index contributed by atoms with van der Waals surface area (Å²) in [5.41, 5.74) is 21.1. The Kier molecular flexibility index (Phi) is 2.73. The molecule has 18 rings (SSSR count). The van der Waals surface area contributed by atoms with Gasteiger partial charge in [-0.25, -0.2) is 0 Å². The van der Waals surface area contributed by atoms with Crippen molar-refractivity contribution >= 4 is 76.3 Å². The number of hydrogen-bond acceptors (Lipinski definition) is 1. The van der Waals surface area contributed by atoms with Crippen molar-refractivity contribution in [2.24, 2.45) is 11.8 Å². The van der Waals surface area contributed by atoms with Gasteiger partial charge in [-0.15, -0.1) is 0 Å². The molecule has 10 aliphatic rings. The maximum absolute atomic E-state index is 2.86. The average molecular weight is 620 g/mol. The molecule has 0 amide bonds. The highest BCUT2D eigenvalue weighted by Gasteiger charge is 2.64. The molecule has 1 heterocycles. The Morgan fingerprint density at radius 2 is 1.47 bits per heavy atom. The average Bonchev–Trinajstić information content (AvgIpc) is 3.95. The molecule has 8 aromatic carbocycles. The van der Waals surface area contributed by atoms with Gasteiger partial charge in [-0.2, -0.15) is 0 Å². The normalized spacial score (nSPS) is 34.3. The highest BCUT2D eigenvalue weighted by molar-refractivity contribution is 6.51. The van der Waals surface area contributed by atoms with Crippen LogP contribution < -0.4 is 5.22 Å². The number of hydrogen-bond donors (Lipinski definition) is 0. The maximum Gasteiger partial charge on any atom is 0.0423 e. The van der Waals surface area contributed by atoms with E-state index >= 15 is 0 Å².